The first-order valence-corrected chi connectivity index (χ1v) is 10.8. The molecule has 0 radical (unpaired) electrons. The van der Waals surface area contributed by atoms with Crippen molar-refractivity contribution in [1.82, 2.24) is 0 Å². The Labute approximate surface area is 176 Å². The van der Waals surface area contributed by atoms with Gasteiger partial charge in [0.15, 0.2) is 0 Å². The van der Waals surface area contributed by atoms with Gasteiger partial charge in [0.25, 0.3) is 10.0 Å². The van der Waals surface area contributed by atoms with Crippen LogP contribution in [0.4, 0.5) is 11.4 Å². The van der Waals surface area contributed by atoms with E-state index in [0.717, 1.165) is 10.0 Å². The van der Waals surface area contributed by atoms with E-state index in [2.05, 4.69) is 25.6 Å². The summed E-state index contributed by atoms with van der Waals surface area (Å²) in [5.41, 5.74) is 1.55. The summed E-state index contributed by atoms with van der Waals surface area (Å²) >= 11 is 9.34. The fourth-order valence-electron chi connectivity index (χ4n) is 2.40. The Morgan fingerprint density at radius 2 is 1.75 bits per heavy atom. The quantitative estimate of drug-likeness (QED) is 0.428. The van der Waals surface area contributed by atoms with E-state index in [4.69, 9.17) is 11.6 Å². The normalized spacial score (nSPS) is 12.0. The number of hydrogen-bond donors (Lipinski definition) is 1. The van der Waals surface area contributed by atoms with E-state index in [0.29, 0.717) is 10.7 Å². The topological polar surface area (TPSA) is 81.6 Å². The molecule has 0 fully saturated rings. The Morgan fingerprint density at radius 3 is 2.43 bits per heavy atom. The van der Waals surface area contributed by atoms with Crippen molar-refractivity contribution in [3.63, 3.8) is 0 Å². The Kier molecular flexibility index (Phi) is 6.07. The Bertz CT molecular complexity index is 1150. The SMILES string of the molecule is Cc1ccc(N=C([O-])c2ccccc2NS(=O)(=O)c2ccc(Br)cc2)cc1Cl. The molecule has 0 heterocycles. The van der Waals surface area contributed by atoms with E-state index in [-0.39, 0.29) is 16.1 Å². The van der Waals surface area contributed by atoms with Crippen molar-refractivity contribution in [3.8, 4) is 0 Å². The minimum atomic E-state index is -3.86. The third-order valence-electron chi connectivity index (χ3n) is 3.91. The van der Waals surface area contributed by atoms with Crippen molar-refractivity contribution in [1.29, 1.82) is 0 Å². The van der Waals surface area contributed by atoms with Gasteiger partial charge in [0, 0.05) is 15.1 Å². The molecule has 5 nitrogen and oxygen atoms in total. The summed E-state index contributed by atoms with van der Waals surface area (Å²) < 4.78 is 28.5. The number of aryl methyl sites for hydroxylation is 1. The second-order valence-electron chi connectivity index (χ2n) is 5.96. The van der Waals surface area contributed by atoms with Crippen LogP contribution in [0.3, 0.4) is 0 Å². The summed E-state index contributed by atoms with van der Waals surface area (Å²) in [7, 11) is -3.86. The molecule has 0 saturated carbocycles. The predicted octanol–water partition coefficient (Wildman–Crippen LogP) is 4.65. The maximum Gasteiger partial charge on any atom is 0.261 e. The van der Waals surface area contributed by atoms with Gasteiger partial charge in [0.2, 0.25) is 0 Å². The van der Waals surface area contributed by atoms with Crippen LogP contribution >= 0.6 is 27.5 Å². The lowest BCUT2D eigenvalue weighted by atomic mass is 10.2. The van der Waals surface area contributed by atoms with E-state index < -0.39 is 15.9 Å². The van der Waals surface area contributed by atoms with Crippen molar-refractivity contribution in [3.05, 3.63) is 87.4 Å². The minimum absolute atomic E-state index is 0.0835. The van der Waals surface area contributed by atoms with Gasteiger partial charge in [-0.25, -0.2) is 8.42 Å². The highest BCUT2D eigenvalue weighted by molar-refractivity contribution is 9.10. The van der Waals surface area contributed by atoms with Crippen LogP contribution in [0.1, 0.15) is 11.1 Å². The zero-order valence-corrected chi connectivity index (χ0v) is 17.8. The lowest BCUT2D eigenvalue weighted by Crippen LogP contribution is -2.22. The molecule has 3 aromatic rings. The lowest BCUT2D eigenvalue weighted by Gasteiger charge is -2.17. The van der Waals surface area contributed by atoms with Gasteiger partial charge in [-0.1, -0.05) is 51.8 Å². The lowest BCUT2D eigenvalue weighted by molar-refractivity contribution is -0.212. The van der Waals surface area contributed by atoms with Crippen LogP contribution in [-0.2, 0) is 10.0 Å². The first-order chi connectivity index (χ1) is 13.3. The Balaban J connectivity index is 1.95. The molecule has 3 rings (SSSR count). The summed E-state index contributed by atoms with van der Waals surface area (Å²) in [6, 6.07) is 17.5. The molecule has 0 bridgehead atoms. The molecule has 0 aliphatic rings. The van der Waals surface area contributed by atoms with Gasteiger partial charge >= 0.3 is 0 Å². The maximum absolute atomic E-state index is 12.6. The molecule has 0 amide bonds. The first kappa shape index (κ1) is 20.4. The van der Waals surface area contributed by atoms with Crippen molar-refractivity contribution in [2.75, 3.05) is 4.72 Å². The fourth-order valence-corrected chi connectivity index (χ4v) is 3.92. The molecule has 8 heteroatoms. The number of anilines is 1. The van der Waals surface area contributed by atoms with Gasteiger partial charge in [-0.3, -0.25) is 9.71 Å². The van der Waals surface area contributed by atoms with E-state index in [1.807, 2.05) is 6.92 Å². The average Bonchev–Trinajstić information content (AvgIpc) is 2.65. The van der Waals surface area contributed by atoms with Gasteiger partial charge in [0.05, 0.1) is 16.3 Å². The molecule has 0 unspecified atom stereocenters. The van der Waals surface area contributed by atoms with Gasteiger partial charge in [-0.2, -0.15) is 0 Å². The molecule has 28 heavy (non-hydrogen) atoms. The largest absolute Gasteiger partial charge is 0.858 e. The molecular weight excluding hydrogens is 464 g/mol. The number of nitrogens with zero attached hydrogens (tertiary/aromatic N) is 1. The number of para-hydroxylation sites is 1. The molecule has 144 valence electrons. The number of benzene rings is 3. The number of aliphatic imine (C=N–C) groups is 1. The van der Waals surface area contributed by atoms with Crippen LogP contribution in [-0.4, -0.2) is 14.3 Å². The third kappa shape index (κ3) is 4.73. The molecule has 0 aliphatic carbocycles. The summed E-state index contributed by atoms with van der Waals surface area (Å²) in [6.45, 7) is 1.85. The fraction of sp³-hybridized carbons (Fsp3) is 0.0500. The predicted molar refractivity (Wildman–Crippen MR) is 114 cm³/mol. The summed E-state index contributed by atoms with van der Waals surface area (Å²) in [6.07, 6.45) is 0. The van der Waals surface area contributed by atoms with Gasteiger partial charge in [-0.05, 0) is 60.8 Å². The highest BCUT2D eigenvalue weighted by Gasteiger charge is 2.16. The summed E-state index contributed by atoms with van der Waals surface area (Å²) in [5.74, 6) is -0.575. The summed E-state index contributed by atoms with van der Waals surface area (Å²) in [5, 5.41) is 13.1. The van der Waals surface area contributed by atoms with E-state index in [1.54, 1.807) is 42.5 Å². The van der Waals surface area contributed by atoms with Crippen LogP contribution in [0.5, 0.6) is 0 Å². The Hall–Kier alpha value is -2.35. The third-order valence-corrected chi connectivity index (χ3v) is 6.23. The van der Waals surface area contributed by atoms with Gasteiger partial charge < -0.3 is 5.11 Å². The van der Waals surface area contributed by atoms with E-state index >= 15 is 0 Å². The molecular formula is C20H15BrClN2O3S-. The second kappa shape index (κ2) is 8.34. The van der Waals surface area contributed by atoms with Crippen LogP contribution in [0.15, 0.2) is 81.1 Å². The molecule has 0 saturated heterocycles. The van der Waals surface area contributed by atoms with Crippen molar-refractivity contribution >= 4 is 54.8 Å². The van der Waals surface area contributed by atoms with Crippen LogP contribution in [0.25, 0.3) is 0 Å². The minimum Gasteiger partial charge on any atom is -0.858 e. The number of rotatable bonds is 5. The molecule has 0 spiro atoms. The summed E-state index contributed by atoms with van der Waals surface area (Å²) in [4.78, 5) is 4.13. The number of sulfonamides is 1. The number of halogens is 2. The highest BCUT2D eigenvalue weighted by Crippen LogP contribution is 2.25. The molecule has 3 aromatic carbocycles. The van der Waals surface area contributed by atoms with E-state index in [1.165, 1.54) is 24.3 Å². The highest BCUT2D eigenvalue weighted by atomic mass is 79.9. The van der Waals surface area contributed by atoms with Crippen LogP contribution in [0, 0.1) is 6.92 Å². The molecule has 1 N–H and O–H groups in total. The van der Waals surface area contributed by atoms with Crippen molar-refractivity contribution in [2.24, 2.45) is 4.99 Å². The van der Waals surface area contributed by atoms with Crippen LogP contribution < -0.4 is 9.83 Å². The van der Waals surface area contributed by atoms with Gasteiger partial charge in [-0.15, -0.1) is 0 Å². The number of hydrogen-bond acceptors (Lipinski definition) is 4. The Morgan fingerprint density at radius 1 is 1.07 bits per heavy atom. The van der Waals surface area contributed by atoms with E-state index in [9.17, 15) is 13.5 Å². The monoisotopic (exact) mass is 477 g/mol. The van der Waals surface area contributed by atoms with Crippen molar-refractivity contribution in [2.45, 2.75) is 11.8 Å². The van der Waals surface area contributed by atoms with Crippen molar-refractivity contribution < 1.29 is 13.5 Å². The molecule has 0 aromatic heterocycles. The molecule has 0 aliphatic heterocycles. The van der Waals surface area contributed by atoms with Crippen LogP contribution in [0.2, 0.25) is 5.02 Å². The average molecular weight is 479 g/mol. The standard InChI is InChI=1S/C20H16BrClN2O3S/c1-13-6-9-15(12-18(13)22)23-20(25)17-4-2-3-5-19(17)24-28(26,27)16-10-7-14(21)8-11-16/h2-12,24H,1H3,(H,23,25)/p-1. The zero-order chi connectivity index (χ0) is 20.3. The maximum atomic E-state index is 12.6. The number of nitrogens with one attached hydrogen (secondary N) is 1. The molecule has 0 atom stereocenters. The smallest absolute Gasteiger partial charge is 0.261 e. The van der Waals surface area contributed by atoms with Gasteiger partial charge in [0.1, 0.15) is 0 Å². The zero-order valence-electron chi connectivity index (χ0n) is 14.7. The second-order valence-corrected chi connectivity index (χ2v) is 8.96. The first-order valence-electron chi connectivity index (χ1n) is 8.16.